The Hall–Kier alpha value is -0.0400. The zero-order valence-corrected chi connectivity index (χ0v) is 10.9. The fourth-order valence-corrected chi connectivity index (χ4v) is 2.59. The van der Waals surface area contributed by atoms with Gasteiger partial charge in [0.15, 0.2) is 0 Å². The molecule has 1 heteroatoms. The van der Waals surface area contributed by atoms with Crippen molar-refractivity contribution in [1.82, 2.24) is 5.32 Å². The van der Waals surface area contributed by atoms with Gasteiger partial charge in [0.25, 0.3) is 0 Å². The Morgan fingerprint density at radius 1 is 1.00 bits per heavy atom. The summed E-state index contributed by atoms with van der Waals surface area (Å²) in [6.45, 7) is 8.33. The van der Waals surface area contributed by atoms with Crippen LogP contribution in [0.3, 0.4) is 0 Å². The van der Waals surface area contributed by atoms with Crippen LogP contribution in [0.2, 0.25) is 0 Å². The standard InChI is InChI=1S/C14H29N/c1-4-5-6-7-10-15-14-9-8-12(2)13(3)11-14/h12-15H,4-11H2,1-3H3. The molecule has 0 aromatic rings. The lowest BCUT2D eigenvalue weighted by atomic mass is 9.79. The molecule has 1 aliphatic rings. The first-order chi connectivity index (χ1) is 7.24. The van der Waals surface area contributed by atoms with Gasteiger partial charge in [-0.25, -0.2) is 0 Å². The van der Waals surface area contributed by atoms with Gasteiger partial charge in [-0.3, -0.25) is 0 Å². The second kappa shape index (κ2) is 7.27. The summed E-state index contributed by atoms with van der Waals surface area (Å²) >= 11 is 0. The van der Waals surface area contributed by atoms with E-state index in [1.165, 1.54) is 51.5 Å². The molecule has 1 nitrogen and oxygen atoms in total. The van der Waals surface area contributed by atoms with Crippen LogP contribution in [0.1, 0.15) is 65.7 Å². The minimum Gasteiger partial charge on any atom is -0.314 e. The van der Waals surface area contributed by atoms with Crippen LogP contribution in [-0.4, -0.2) is 12.6 Å². The zero-order valence-electron chi connectivity index (χ0n) is 10.9. The van der Waals surface area contributed by atoms with Gasteiger partial charge in [0.2, 0.25) is 0 Å². The van der Waals surface area contributed by atoms with Crippen LogP contribution in [0.5, 0.6) is 0 Å². The molecule has 0 amide bonds. The van der Waals surface area contributed by atoms with Gasteiger partial charge in [-0.15, -0.1) is 0 Å². The van der Waals surface area contributed by atoms with Crippen molar-refractivity contribution in [2.75, 3.05) is 6.54 Å². The molecule has 15 heavy (non-hydrogen) atoms. The molecular formula is C14H29N. The lowest BCUT2D eigenvalue weighted by Gasteiger charge is -2.32. The Morgan fingerprint density at radius 3 is 2.47 bits per heavy atom. The lowest BCUT2D eigenvalue weighted by molar-refractivity contribution is 0.226. The highest BCUT2D eigenvalue weighted by molar-refractivity contribution is 4.79. The van der Waals surface area contributed by atoms with E-state index in [1.807, 2.05) is 0 Å². The van der Waals surface area contributed by atoms with Crippen LogP contribution < -0.4 is 5.32 Å². The monoisotopic (exact) mass is 211 g/mol. The second-order valence-electron chi connectivity index (χ2n) is 5.48. The molecule has 1 fully saturated rings. The third-order valence-electron chi connectivity index (χ3n) is 4.06. The molecule has 1 N–H and O–H groups in total. The molecule has 0 bridgehead atoms. The number of hydrogen-bond donors (Lipinski definition) is 1. The Morgan fingerprint density at radius 2 is 1.80 bits per heavy atom. The van der Waals surface area contributed by atoms with E-state index in [9.17, 15) is 0 Å². The molecule has 0 aliphatic heterocycles. The van der Waals surface area contributed by atoms with Gasteiger partial charge in [-0.05, 0) is 44.1 Å². The molecular weight excluding hydrogens is 182 g/mol. The average molecular weight is 211 g/mol. The third-order valence-corrected chi connectivity index (χ3v) is 4.06. The Bertz CT molecular complexity index is 155. The zero-order chi connectivity index (χ0) is 11.1. The van der Waals surface area contributed by atoms with E-state index < -0.39 is 0 Å². The van der Waals surface area contributed by atoms with E-state index in [-0.39, 0.29) is 0 Å². The highest BCUT2D eigenvalue weighted by Crippen LogP contribution is 2.29. The Balaban J connectivity index is 2.02. The van der Waals surface area contributed by atoms with Crippen LogP contribution in [-0.2, 0) is 0 Å². The Labute approximate surface area is 96.0 Å². The van der Waals surface area contributed by atoms with Crippen LogP contribution in [0.4, 0.5) is 0 Å². The molecule has 0 spiro atoms. The lowest BCUT2D eigenvalue weighted by Crippen LogP contribution is -2.36. The summed E-state index contributed by atoms with van der Waals surface area (Å²) in [5.41, 5.74) is 0. The summed E-state index contributed by atoms with van der Waals surface area (Å²) in [4.78, 5) is 0. The SMILES string of the molecule is CCCCCCNC1CCC(C)C(C)C1. The number of nitrogens with one attached hydrogen (secondary N) is 1. The minimum atomic E-state index is 0.817. The molecule has 1 rings (SSSR count). The second-order valence-corrected chi connectivity index (χ2v) is 5.48. The van der Waals surface area contributed by atoms with Crippen LogP contribution >= 0.6 is 0 Å². The van der Waals surface area contributed by atoms with Gasteiger partial charge in [0.05, 0.1) is 0 Å². The first-order valence-corrected chi connectivity index (χ1v) is 6.97. The molecule has 0 heterocycles. The Kier molecular flexibility index (Phi) is 6.31. The third kappa shape index (κ3) is 5.01. The van der Waals surface area contributed by atoms with Crippen LogP contribution in [0.25, 0.3) is 0 Å². The first-order valence-electron chi connectivity index (χ1n) is 6.97. The molecule has 3 unspecified atom stereocenters. The van der Waals surface area contributed by atoms with Gasteiger partial charge in [0, 0.05) is 6.04 Å². The van der Waals surface area contributed by atoms with Crippen molar-refractivity contribution in [3.8, 4) is 0 Å². The van der Waals surface area contributed by atoms with E-state index in [1.54, 1.807) is 0 Å². The van der Waals surface area contributed by atoms with Gasteiger partial charge >= 0.3 is 0 Å². The number of rotatable bonds is 6. The van der Waals surface area contributed by atoms with Crippen molar-refractivity contribution >= 4 is 0 Å². The molecule has 0 aromatic heterocycles. The minimum absolute atomic E-state index is 0.817. The summed E-state index contributed by atoms with van der Waals surface area (Å²) < 4.78 is 0. The van der Waals surface area contributed by atoms with E-state index in [0.717, 1.165) is 17.9 Å². The van der Waals surface area contributed by atoms with Gasteiger partial charge in [-0.2, -0.15) is 0 Å². The van der Waals surface area contributed by atoms with Crippen LogP contribution in [0, 0.1) is 11.8 Å². The van der Waals surface area contributed by atoms with Gasteiger partial charge < -0.3 is 5.32 Å². The molecule has 3 atom stereocenters. The first kappa shape index (κ1) is 13.0. The van der Waals surface area contributed by atoms with Crippen molar-refractivity contribution in [1.29, 1.82) is 0 Å². The summed E-state index contributed by atoms with van der Waals surface area (Å²) in [5, 5.41) is 3.73. The molecule has 0 aromatic carbocycles. The fourth-order valence-electron chi connectivity index (χ4n) is 2.59. The fraction of sp³-hybridized carbons (Fsp3) is 1.00. The van der Waals surface area contributed by atoms with Crippen molar-refractivity contribution in [2.24, 2.45) is 11.8 Å². The summed E-state index contributed by atoms with van der Waals surface area (Å²) in [6.07, 6.45) is 9.75. The van der Waals surface area contributed by atoms with Gasteiger partial charge in [0.1, 0.15) is 0 Å². The smallest absolute Gasteiger partial charge is 0.00698 e. The topological polar surface area (TPSA) is 12.0 Å². The molecule has 90 valence electrons. The number of hydrogen-bond acceptors (Lipinski definition) is 1. The summed E-state index contributed by atoms with van der Waals surface area (Å²) in [6, 6.07) is 0.817. The van der Waals surface area contributed by atoms with Crippen molar-refractivity contribution in [2.45, 2.75) is 71.8 Å². The maximum atomic E-state index is 3.73. The van der Waals surface area contributed by atoms with Gasteiger partial charge in [-0.1, -0.05) is 40.0 Å². The maximum Gasteiger partial charge on any atom is 0.00698 e. The highest BCUT2D eigenvalue weighted by atomic mass is 14.9. The van der Waals surface area contributed by atoms with Crippen molar-refractivity contribution in [3.63, 3.8) is 0 Å². The van der Waals surface area contributed by atoms with E-state index >= 15 is 0 Å². The van der Waals surface area contributed by atoms with E-state index in [4.69, 9.17) is 0 Å². The molecule has 0 radical (unpaired) electrons. The van der Waals surface area contributed by atoms with Crippen molar-refractivity contribution in [3.05, 3.63) is 0 Å². The predicted octanol–water partition coefficient (Wildman–Crippen LogP) is 3.98. The van der Waals surface area contributed by atoms with E-state index in [2.05, 4.69) is 26.1 Å². The molecule has 1 aliphatic carbocycles. The maximum absolute atomic E-state index is 3.73. The number of unbranched alkanes of at least 4 members (excludes halogenated alkanes) is 3. The average Bonchev–Trinajstić information content (AvgIpc) is 2.23. The van der Waals surface area contributed by atoms with E-state index in [0.29, 0.717) is 0 Å². The largest absolute Gasteiger partial charge is 0.314 e. The predicted molar refractivity (Wildman–Crippen MR) is 68.1 cm³/mol. The summed E-state index contributed by atoms with van der Waals surface area (Å²) in [5.74, 6) is 1.87. The van der Waals surface area contributed by atoms with Crippen LogP contribution in [0.15, 0.2) is 0 Å². The summed E-state index contributed by atoms with van der Waals surface area (Å²) in [7, 11) is 0. The molecule has 1 saturated carbocycles. The highest BCUT2D eigenvalue weighted by Gasteiger charge is 2.23. The normalized spacial score (nSPS) is 31.8. The molecule has 0 saturated heterocycles. The quantitative estimate of drug-likeness (QED) is 0.655. The van der Waals surface area contributed by atoms with Crippen molar-refractivity contribution < 1.29 is 0 Å².